The summed E-state index contributed by atoms with van der Waals surface area (Å²) in [4.78, 5) is 31.3. The number of nitrogens with zero attached hydrogens (tertiary/aromatic N) is 1. The fourth-order valence-corrected chi connectivity index (χ4v) is 2.84. The first-order chi connectivity index (χ1) is 11.7. The molecule has 0 bridgehead atoms. The number of fused-ring (bicyclic) bond motifs is 1. The van der Waals surface area contributed by atoms with Gasteiger partial charge in [0.05, 0.1) is 11.0 Å². The highest BCUT2D eigenvalue weighted by Crippen LogP contribution is 2.18. The van der Waals surface area contributed by atoms with Gasteiger partial charge < -0.3 is 10.3 Å². The fraction of sp³-hybridized carbons (Fsp3) is 0.389. The zero-order valence-electron chi connectivity index (χ0n) is 13.5. The molecule has 1 heterocycles. The molecule has 0 fully saturated rings. The van der Waals surface area contributed by atoms with Crippen molar-refractivity contribution in [3.8, 4) is 0 Å². The Kier molecular flexibility index (Phi) is 5.25. The molecule has 6 nitrogen and oxygen atoms in total. The number of hydrogen-bond donors (Lipinski definition) is 3. The number of benzene rings is 1. The molecule has 2 amide bonds. The number of imidazole rings is 1. The third-order valence-electron chi connectivity index (χ3n) is 4.17. The summed E-state index contributed by atoms with van der Waals surface area (Å²) in [6.45, 7) is 0.520. The van der Waals surface area contributed by atoms with E-state index in [9.17, 15) is 9.59 Å². The summed E-state index contributed by atoms with van der Waals surface area (Å²) in [5, 5.41) is 5.67. The lowest BCUT2D eigenvalue weighted by atomic mass is 9.94. The van der Waals surface area contributed by atoms with Gasteiger partial charge in [-0.05, 0) is 37.8 Å². The van der Waals surface area contributed by atoms with Crippen molar-refractivity contribution in [2.24, 2.45) is 5.92 Å². The Morgan fingerprint density at radius 1 is 1.25 bits per heavy atom. The van der Waals surface area contributed by atoms with Gasteiger partial charge >= 0.3 is 0 Å². The number of allylic oxidation sites excluding steroid dienone is 2. The van der Waals surface area contributed by atoms with Crippen molar-refractivity contribution in [3.05, 3.63) is 36.4 Å². The molecular formula is C18H22N4O2. The fourth-order valence-electron chi connectivity index (χ4n) is 2.84. The monoisotopic (exact) mass is 326 g/mol. The van der Waals surface area contributed by atoms with Crippen LogP contribution in [0.5, 0.6) is 0 Å². The molecule has 0 radical (unpaired) electrons. The molecule has 126 valence electrons. The molecule has 1 aromatic heterocycles. The van der Waals surface area contributed by atoms with E-state index in [0.717, 1.165) is 30.3 Å². The van der Waals surface area contributed by atoms with Crippen molar-refractivity contribution in [2.75, 3.05) is 11.9 Å². The zero-order chi connectivity index (χ0) is 16.8. The van der Waals surface area contributed by atoms with Gasteiger partial charge in [-0.25, -0.2) is 4.98 Å². The summed E-state index contributed by atoms with van der Waals surface area (Å²) in [7, 11) is 0. The number of carbonyl (C=O) groups is 2. The lowest BCUT2D eigenvalue weighted by Crippen LogP contribution is -2.32. The summed E-state index contributed by atoms with van der Waals surface area (Å²) in [5.41, 5.74) is 1.71. The quantitative estimate of drug-likeness (QED) is 0.563. The smallest absolute Gasteiger partial charge is 0.226 e. The van der Waals surface area contributed by atoms with E-state index in [4.69, 9.17) is 0 Å². The SMILES string of the molecule is O=C(CCCNC(=O)C1CC=CCC1)Nc1nc2ccccc2[nH]1. The highest BCUT2D eigenvalue weighted by Gasteiger charge is 2.17. The molecule has 1 atom stereocenters. The van der Waals surface area contributed by atoms with Gasteiger partial charge in [0.15, 0.2) is 0 Å². The number of rotatable bonds is 6. The number of nitrogens with one attached hydrogen (secondary N) is 3. The molecule has 0 spiro atoms. The molecular weight excluding hydrogens is 304 g/mol. The molecule has 0 saturated carbocycles. The van der Waals surface area contributed by atoms with E-state index in [2.05, 4.69) is 32.8 Å². The zero-order valence-corrected chi connectivity index (χ0v) is 13.5. The maximum absolute atomic E-state index is 12.0. The molecule has 0 aliphatic heterocycles. The first-order valence-electron chi connectivity index (χ1n) is 8.39. The third-order valence-corrected chi connectivity index (χ3v) is 4.17. The summed E-state index contributed by atoms with van der Waals surface area (Å²) in [6.07, 6.45) is 7.84. The van der Waals surface area contributed by atoms with E-state index < -0.39 is 0 Å². The van der Waals surface area contributed by atoms with E-state index >= 15 is 0 Å². The van der Waals surface area contributed by atoms with E-state index in [1.807, 2.05) is 24.3 Å². The Hall–Kier alpha value is -2.63. The Morgan fingerprint density at radius 3 is 2.92 bits per heavy atom. The third kappa shape index (κ3) is 4.22. The van der Waals surface area contributed by atoms with Crippen LogP contribution in [-0.4, -0.2) is 28.3 Å². The minimum Gasteiger partial charge on any atom is -0.356 e. The van der Waals surface area contributed by atoms with Crippen LogP contribution >= 0.6 is 0 Å². The Morgan fingerprint density at radius 2 is 2.12 bits per heavy atom. The van der Waals surface area contributed by atoms with Crippen LogP contribution in [0.2, 0.25) is 0 Å². The highest BCUT2D eigenvalue weighted by atomic mass is 16.2. The normalized spacial score (nSPS) is 16.9. The summed E-state index contributed by atoms with van der Waals surface area (Å²) >= 11 is 0. The van der Waals surface area contributed by atoms with Gasteiger partial charge in [0.1, 0.15) is 0 Å². The average Bonchev–Trinajstić information content (AvgIpc) is 3.01. The Balaban J connectivity index is 1.38. The van der Waals surface area contributed by atoms with Crippen molar-refractivity contribution in [2.45, 2.75) is 32.1 Å². The van der Waals surface area contributed by atoms with Crippen molar-refractivity contribution in [1.82, 2.24) is 15.3 Å². The maximum atomic E-state index is 12.0. The second kappa shape index (κ2) is 7.77. The Bertz CT molecular complexity index is 717. The Labute approximate surface area is 140 Å². The van der Waals surface area contributed by atoms with Crippen LogP contribution in [0.4, 0.5) is 5.95 Å². The number of anilines is 1. The molecule has 1 aromatic carbocycles. The second-order valence-corrected chi connectivity index (χ2v) is 6.03. The van der Waals surface area contributed by atoms with Crippen LogP contribution in [0, 0.1) is 5.92 Å². The molecule has 2 aromatic rings. The number of aromatic amines is 1. The first kappa shape index (κ1) is 16.2. The van der Waals surface area contributed by atoms with Crippen LogP contribution in [-0.2, 0) is 9.59 Å². The van der Waals surface area contributed by atoms with Gasteiger partial charge in [-0.2, -0.15) is 0 Å². The molecule has 1 aliphatic rings. The number of aromatic nitrogens is 2. The van der Waals surface area contributed by atoms with Crippen LogP contribution < -0.4 is 10.6 Å². The maximum Gasteiger partial charge on any atom is 0.226 e. The largest absolute Gasteiger partial charge is 0.356 e. The van der Waals surface area contributed by atoms with Crippen LogP contribution in [0.3, 0.4) is 0 Å². The van der Waals surface area contributed by atoms with Crippen molar-refractivity contribution in [1.29, 1.82) is 0 Å². The summed E-state index contributed by atoms with van der Waals surface area (Å²) in [5.74, 6) is 0.527. The standard InChI is InChI=1S/C18H22N4O2/c23-16(22-18-20-14-9-4-5-10-15(14)21-18)11-6-12-19-17(24)13-7-2-1-3-8-13/h1-2,4-5,9-10,13H,3,6-8,11-12H2,(H,19,24)(H2,20,21,22,23). The topological polar surface area (TPSA) is 86.9 Å². The molecule has 1 aliphatic carbocycles. The van der Waals surface area contributed by atoms with Crippen molar-refractivity contribution < 1.29 is 9.59 Å². The first-order valence-corrected chi connectivity index (χ1v) is 8.39. The number of carbonyl (C=O) groups excluding carboxylic acids is 2. The van der Waals surface area contributed by atoms with E-state index in [1.54, 1.807) is 0 Å². The highest BCUT2D eigenvalue weighted by molar-refractivity contribution is 5.91. The minimum absolute atomic E-state index is 0.0828. The molecule has 1 unspecified atom stereocenters. The summed E-state index contributed by atoms with van der Waals surface area (Å²) in [6, 6.07) is 7.61. The molecule has 3 rings (SSSR count). The minimum atomic E-state index is -0.107. The van der Waals surface area contributed by atoms with E-state index in [1.165, 1.54) is 0 Å². The van der Waals surface area contributed by atoms with Crippen LogP contribution in [0.15, 0.2) is 36.4 Å². The van der Waals surface area contributed by atoms with Gasteiger partial charge in [0.25, 0.3) is 0 Å². The average molecular weight is 326 g/mol. The van der Waals surface area contributed by atoms with Gasteiger partial charge in [0, 0.05) is 18.9 Å². The molecule has 6 heteroatoms. The van der Waals surface area contributed by atoms with Gasteiger partial charge in [-0.15, -0.1) is 0 Å². The van der Waals surface area contributed by atoms with Gasteiger partial charge in [0.2, 0.25) is 17.8 Å². The number of hydrogen-bond acceptors (Lipinski definition) is 3. The van der Waals surface area contributed by atoms with Crippen LogP contribution in [0.1, 0.15) is 32.1 Å². The van der Waals surface area contributed by atoms with E-state index in [-0.39, 0.29) is 17.7 Å². The lowest BCUT2D eigenvalue weighted by molar-refractivity contribution is -0.125. The van der Waals surface area contributed by atoms with Gasteiger partial charge in [-0.1, -0.05) is 24.3 Å². The predicted octanol–water partition coefficient (Wildman–Crippen LogP) is 2.75. The second-order valence-electron chi connectivity index (χ2n) is 6.03. The molecule has 0 saturated heterocycles. The predicted molar refractivity (Wildman–Crippen MR) is 93.4 cm³/mol. The molecule has 24 heavy (non-hydrogen) atoms. The summed E-state index contributed by atoms with van der Waals surface area (Å²) < 4.78 is 0. The van der Waals surface area contributed by atoms with Crippen molar-refractivity contribution >= 4 is 28.8 Å². The molecule has 3 N–H and O–H groups in total. The van der Waals surface area contributed by atoms with Crippen LogP contribution in [0.25, 0.3) is 11.0 Å². The number of amides is 2. The number of H-pyrrole nitrogens is 1. The number of para-hydroxylation sites is 2. The van der Waals surface area contributed by atoms with E-state index in [0.29, 0.717) is 25.3 Å². The van der Waals surface area contributed by atoms with Crippen molar-refractivity contribution in [3.63, 3.8) is 0 Å². The lowest BCUT2D eigenvalue weighted by Gasteiger charge is -2.17. The van der Waals surface area contributed by atoms with Gasteiger partial charge in [-0.3, -0.25) is 14.9 Å².